The molecule has 2 nitrogen and oxygen atoms in total. The van der Waals surface area contributed by atoms with E-state index in [1.165, 1.54) is 77.0 Å². The zero-order valence-corrected chi connectivity index (χ0v) is 24.5. The molecular formula is C41H32N2. The van der Waals surface area contributed by atoms with Crippen LogP contribution in [-0.4, -0.2) is 9.13 Å². The molecule has 0 saturated carbocycles. The van der Waals surface area contributed by atoms with Crippen molar-refractivity contribution in [2.24, 2.45) is 0 Å². The van der Waals surface area contributed by atoms with Gasteiger partial charge in [-0.15, -0.1) is 0 Å². The first-order chi connectivity index (χ1) is 21.1. The van der Waals surface area contributed by atoms with E-state index in [0.717, 1.165) is 13.1 Å². The van der Waals surface area contributed by atoms with Crippen molar-refractivity contribution in [1.29, 1.82) is 0 Å². The Labute approximate surface area is 251 Å². The molecule has 43 heavy (non-hydrogen) atoms. The Bertz CT molecular complexity index is 2110. The van der Waals surface area contributed by atoms with Gasteiger partial charge in [-0.1, -0.05) is 120 Å². The predicted molar refractivity (Wildman–Crippen MR) is 181 cm³/mol. The van der Waals surface area contributed by atoms with Crippen molar-refractivity contribution in [2.75, 3.05) is 0 Å². The van der Waals surface area contributed by atoms with Crippen molar-refractivity contribution >= 4 is 43.6 Å². The van der Waals surface area contributed by atoms with Crippen LogP contribution in [0.2, 0.25) is 0 Å². The second-order valence-electron chi connectivity index (χ2n) is 12.4. The molecule has 6 aromatic carbocycles. The first-order valence-electron chi connectivity index (χ1n) is 15.3. The smallest absolute Gasteiger partial charge is 0.0573 e. The monoisotopic (exact) mass is 552 g/mol. The highest BCUT2D eigenvalue weighted by Gasteiger charge is 2.45. The summed E-state index contributed by atoms with van der Waals surface area (Å²) >= 11 is 0. The molecule has 2 heteroatoms. The highest BCUT2D eigenvalue weighted by atomic mass is 15.0. The van der Waals surface area contributed by atoms with E-state index in [9.17, 15) is 0 Å². The average Bonchev–Trinajstić information content (AvgIpc) is 3.62. The number of rotatable bonds is 4. The summed E-state index contributed by atoms with van der Waals surface area (Å²) in [7, 11) is 0. The van der Waals surface area contributed by atoms with E-state index >= 15 is 0 Å². The second-order valence-corrected chi connectivity index (χ2v) is 12.4. The predicted octanol–water partition coefficient (Wildman–Crippen LogP) is 10.2. The quantitative estimate of drug-likeness (QED) is 0.206. The first-order valence-corrected chi connectivity index (χ1v) is 15.3. The number of para-hydroxylation sites is 4. The zero-order chi connectivity index (χ0) is 28.7. The minimum absolute atomic E-state index is 0.294. The van der Waals surface area contributed by atoms with Gasteiger partial charge in [0.1, 0.15) is 0 Å². The van der Waals surface area contributed by atoms with Crippen LogP contribution in [0.5, 0.6) is 0 Å². The van der Waals surface area contributed by atoms with Gasteiger partial charge in [0.15, 0.2) is 0 Å². The van der Waals surface area contributed by atoms with Gasteiger partial charge in [0.05, 0.1) is 5.41 Å². The van der Waals surface area contributed by atoms with E-state index in [1.54, 1.807) is 0 Å². The van der Waals surface area contributed by atoms with Crippen LogP contribution in [0, 0.1) is 13.8 Å². The maximum atomic E-state index is 2.60. The van der Waals surface area contributed by atoms with Crippen molar-refractivity contribution in [3.63, 3.8) is 0 Å². The molecule has 2 heterocycles. The Hall–Kier alpha value is -5.08. The lowest BCUT2D eigenvalue weighted by atomic mass is 9.76. The summed E-state index contributed by atoms with van der Waals surface area (Å²) in [6.07, 6.45) is 0. The number of aryl methyl sites for hydroxylation is 2. The van der Waals surface area contributed by atoms with E-state index < -0.39 is 0 Å². The molecule has 0 atom stereocenters. The maximum absolute atomic E-state index is 2.60. The van der Waals surface area contributed by atoms with Gasteiger partial charge < -0.3 is 9.13 Å². The third-order valence-electron chi connectivity index (χ3n) is 9.89. The summed E-state index contributed by atoms with van der Waals surface area (Å²) in [5.74, 6) is 0. The van der Waals surface area contributed by atoms with Crippen LogP contribution in [0.25, 0.3) is 54.7 Å². The van der Waals surface area contributed by atoms with Crippen LogP contribution >= 0.6 is 0 Å². The van der Waals surface area contributed by atoms with Crippen LogP contribution in [0.1, 0.15) is 22.3 Å². The fourth-order valence-electron chi connectivity index (χ4n) is 8.00. The summed E-state index contributed by atoms with van der Waals surface area (Å²) in [5.41, 5.74) is 13.1. The molecule has 1 aliphatic carbocycles. The largest absolute Gasteiger partial charge is 0.339 e. The van der Waals surface area contributed by atoms with Crippen LogP contribution in [-0.2, 0) is 18.5 Å². The summed E-state index contributed by atoms with van der Waals surface area (Å²) in [4.78, 5) is 0. The lowest BCUT2D eigenvalue weighted by molar-refractivity contribution is 0.399. The van der Waals surface area contributed by atoms with Gasteiger partial charge in [-0.05, 0) is 60.4 Å². The highest BCUT2D eigenvalue weighted by molar-refractivity contribution is 6.09. The molecule has 0 bridgehead atoms. The van der Waals surface area contributed by atoms with Crippen LogP contribution in [0.15, 0.2) is 133 Å². The normalized spacial score (nSPS) is 13.7. The van der Waals surface area contributed by atoms with Crippen LogP contribution < -0.4 is 0 Å². The van der Waals surface area contributed by atoms with E-state index in [4.69, 9.17) is 0 Å². The lowest BCUT2D eigenvalue weighted by Crippen LogP contribution is -2.36. The number of aromatic nitrogens is 2. The molecule has 2 aromatic heterocycles. The number of nitrogens with zero attached hydrogens (tertiary/aromatic N) is 2. The van der Waals surface area contributed by atoms with E-state index in [1.807, 2.05) is 0 Å². The van der Waals surface area contributed by atoms with Gasteiger partial charge in [-0.2, -0.15) is 0 Å². The molecule has 0 saturated heterocycles. The standard InChI is InChI=1S/C41H32N2/c1-27-19-21-29-30-22-20-28(2)24-36(30)41(35(29)23-27,25-42-37-15-7-3-11-31(37)32-12-4-8-16-38(32)42)26-43-39-17-9-5-13-33(39)34-14-6-10-18-40(34)43/h3-24H,25-26H2,1-2H3. The lowest BCUT2D eigenvalue weighted by Gasteiger charge is -2.35. The van der Waals surface area contributed by atoms with Gasteiger partial charge in [0.25, 0.3) is 0 Å². The van der Waals surface area contributed by atoms with E-state index in [2.05, 4.69) is 156 Å². The topological polar surface area (TPSA) is 9.86 Å². The van der Waals surface area contributed by atoms with Crippen molar-refractivity contribution in [2.45, 2.75) is 32.4 Å². The Morgan fingerprint density at radius 2 is 0.744 bits per heavy atom. The minimum atomic E-state index is -0.294. The Morgan fingerprint density at radius 1 is 0.419 bits per heavy atom. The van der Waals surface area contributed by atoms with Crippen molar-refractivity contribution < 1.29 is 0 Å². The molecule has 0 radical (unpaired) electrons. The number of hydrogen-bond acceptors (Lipinski definition) is 0. The van der Waals surface area contributed by atoms with Crippen LogP contribution in [0.4, 0.5) is 0 Å². The summed E-state index contributed by atoms with van der Waals surface area (Å²) < 4.78 is 5.20. The molecular weight excluding hydrogens is 520 g/mol. The van der Waals surface area contributed by atoms with Crippen molar-refractivity contribution in [1.82, 2.24) is 9.13 Å². The third kappa shape index (κ3) is 3.41. The summed E-state index contributed by atoms with van der Waals surface area (Å²) in [5, 5.41) is 5.27. The SMILES string of the molecule is Cc1ccc2c(c1)C(Cn1c3ccccc3c3ccccc31)(Cn1c3ccccc3c3ccccc31)c1cc(C)ccc1-2. The molecule has 0 aliphatic heterocycles. The van der Waals surface area contributed by atoms with E-state index in [-0.39, 0.29) is 5.41 Å². The van der Waals surface area contributed by atoms with Crippen molar-refractivity contribution in [3.8, 4) is 11.1 Å². The zero-order valence-electron chi connectivity index (χ0n) is 24.5. The van der Waals surface area contributed by atoms with Crippen LogP contribution in [0.3, 0.4) is 0 Å². The number of hydrogen-bond donors (Lipinski definition) is 0. The molecule has 8 aromatic rings. The second kappa shape index (κ2) is 8.96. The average molecular weight is 553 g/mol. The van der Waals surface area contributed by atoms with E-state index in [0.29, 0.717) is 0 Å². The van der Waals surface area contributed by atoms with Gasteiger partial charge >= 0.3 is 0 Å². The van der Waals surface area contributed by atoms with Gasteiger partial charge in [-0.3, -0.25) is 0 Å². The number of fused-ring (bicyclic) bond motifs is 9. The Morgan fingerprint density at radius 3 is 1.09 bits per heavy atom. The fraction of sp³-hybridized carbons (Fsp3) is 0.122. The first kappa shape index (κ1) is 24.5. The molecule has 206 valence electrons. The Balaban J connectivity index is 1.40. The van der Waals surface area contributed by atoms with Gasteiger partial charge in [0, 0.05) is 56.7 Å². The maximum Gasteiger partial charge on any atom is 0.0573 e. The van der Waals surface area contributed by atoms with Crippen molar-refractivity contribution in [3.05, 3.63) is 156 Å². The molecule has 0 spiro atoms. The molecule has 9 rings (SSSR count). The molecule has 0 unspecified atom stereocenters. The van der Waals surface area contributed by atoms with Gasteiger partial charge in [-0.25, -0.2) is 0 Å². The molecule has 0 amide bonds. The third-order valence-corrected chi connectivity index (χ3v) is 9.89. The summed E-state index contributed by atoms with van der Waals surface area (Å²) in [6, 6.07) is 49.9. The van der Waals surface area contributed by atoms with Gasteiger partial charge in [0.2, 0.25) is 0 Å². The Kier molecular flexibility index (Phi) is 5.11. The number of benzene rings is 6. The molecule has 0 fully saturated rings. The fourth-order valence-corrected chi connectivity index (χ4v) is 8.00. The molecule has 0 N–H and O–H groups in total. The minimum Gasteiger partial charge on any atom is -0.339 e. The highest BCUT2D eigenvalue weighted by Crippen LogP contribution is 2.53. The molecule has 1 aliphatic rings. The summed E-state index contributed by atoms with van der Waals surface area (Å²) in [6.45, 7) is 6.16.